The summed E-state index contributed by atoms with van der Waals surface area (Å²) in [7, 11) is 1.91. The average molecular weight is 227 g/mol. The van der Waals surface area contributed by atoms with Gasteiger partial charge in [0.1, 0.15) is 0 Å². The lowest BCUT2D eigenvalue weighted by molar-refractivity contribution is 0.138. The van der Waals surface area contributed by atoms with Crippen molar-refractivity contribution in [1.82, 2.24) is 15.1 Å². The Labute approximate surface area is 99.0 Å². The van der Waals surface area contributed by atoms with Gasteiger partial charge in [-0.25, -0.2) is 4.79 Å². The number of nitrogens with zero attached hydrogens (tertiary/aromatic N) is 2. The maximum absolute atomic E-state index is 11.8. The van der Waals surface area contributed by atoms with E-state index in [4.69, 9.17) is 0 Å². The Kier molecular flexibility index (Phi) is 5.60. The largest absolute Gasteiger partial charge is 0.338 e. The zero-order valence-electron chi connectivity index (χ0n) is 10.8. The summed E-state index contributed by atoms with van der Waals surface area (Å²) in [5.41, 5.74) is 0. The van der Waals surface area contributed by atoms with Crippen LogP contribution in [0.25, 0.3) is 0 Å². The number of hydrogen-bond acceptors (Lipinski definition) is 2. The predicted octanol–water partition coefficient (Wildman–Crippen LogP) is 1.52. The summed E-state index contributed by atoms with van der Waals surface area (Å²) in [4.78, 5) is 16.1. The molecule has 0 spiro atoms. The van der Waals surface area contributed by atoms with Gasteiger partial charge in [0, 0.05) is 32.7 Å². The van der Waals surface area contributed by atoms with Crippen molar-refractivity contribution >= 4 is 6.03 Å². The Hall–Kier alpha value is -0.770. The fraction of sp³-hybridized carbons (Fsp3) is 0.917. The molecule has 2 amide bonds. The number of nitrogens with one attached hydrogen (secondary N) is 1. The highest BCUT2D eigenvalue weighted by molar-refractivity contribution is 5.74. The summed E-state index contributed by atoms with van der Waals surface area (Å²) in [6.07, 6.45) is 3.20. The average Bonchev–Trinajstić information content (AvgIpc) is 2.35. The Morgan fingerprint density at radius 1 is 1.38 bits per heavy atom. The van der Waals surface area contributed by atoms with Crippen LogP contribution in [0.2, 0.25) is 0 Å². The van der Waals surface area contributed by atoms with Gasteiger partial charge in [-0.05, 0) is 25.8 Å². The third-order valence-corrected chi connectivity index (χ3v) is 3.40. The highest BCUT2D eigenvalue weighted by Crippen LogP contribution is 2.14. The molecule has 0 aromatic carbocycles. The second-order valence-electron chi connectivity index (χ2n) is 4.51. The van der Waals surface area contributed by atoms with E-state index in [-0.39, 0.29) is 6.03 Å². The van der Waals surface area contributed by atoms with Crippen molar-refractivity contribution in [3.63, 3.8) is 0 Å². The molecule has 94 valence electrons. The molecule has 0 radical (unpaired) electrons. The van der Waals surface area contributed by atoms with E-state index in [9.17, 15) is 4.79 Å². The molecule has 16 heavy (non-hydrogen) atoms. The maximum atomic E-state index is 11.8. The van der Waals surface area contributed by atoms with Gasteiger partial charge < -0.3 is 15.1 Å². The molecule has 0 unspecified atom stereocenters. The minimum absolute atomic E-state index is 0.0804. The molecule has 0 atom stereocenters. The van der Waals surface area contributed by atoms with Crippen molar-refractivity contribution in [1.29, 1.82) is 0 Å². The van der Waals surface area contributed by atoms with Gasteiger partial charge >= 0.3 is 6.03 Å². The van der Waals surface area contributed by atoms with E-state index >= 15 is 0 Å². The summed E-state index contributed by atoms with van der Waals surface area (Å²) in [5, 5.41) is 2.93. The molecular formula is C12H25N3O. The summed E-state index contributed by atoms with van der Waals surface area (Å²) < 4.78 is 0. The van der Waals surface area contributed by atoms with Gasteiger partial charge in [-0.15, -0.1) is 0 Å². The smallest absolute Gasteiger partial charge is 0.317 e. The van der Waals surface area contributed by atoms with Crippen molar-refractivity contribution in [2.75, 3.05) is 33.2 Å². The van der Waals surface area contributed by atoms with Crippen molar-refractivity contribution in [3.8, 4) is 0 Å². The van der Waals surface area contributed by atoms with Crippen LogP contribution in [0.4, 0.5) is 4.79 Å². The van der Waals surface area contributed by atoms with E-state index in [1.54, 1.807) is 0 Å². The molecule has 4 nitrogen and oxygen atoms in total. The second kappa shape index (κ2) is 6.74. The summed E-state index contributed by atoms with van der Waals surface area (Å²) >= 11 is 0. The molecule has 1 fully saturated rings. The van der Waals surface area contributed by atoms with E-state index in [1.807, 2.05) is 11.9 Å². The molecule has 1 saturated heterocycles. The van der Waals surface area contributed by atoms with E-state index in [2.05, 4.69) is 24.1 Å². The van der Waals surface area contributed by atoms with E-state index in [0.717, 1.165) is 45.4 Å². The molecule has 1 aliphatic rings. The van der Waals surface area contributed by atoms with Crippen LogP contribution < -0.4 is 5.32 Å². The lowest BCUT2D eigenvalue weighted by Crippen LogP contribution is -2.48. The van der Waals surface area contributed by atoms with Gasteiger partial charge in [0.05, 0.1) is 0 Å². The molecule has 0 aliphatic carbocycles. The van der Waals surface area contributed by atoms with Crippen LogP contribution in [0.5, 0.6) is 0 Å². The number of amides is 2. The fourth-order valence-corrected chi connectivity index (χ4v) is 2.15. The Morgan fingerprint density at radius 3 is 2.50 bits per heavy atom. The van der Waals surface area contributed by atoms with E-state index in [1.165, 1.54) is 0 Å². The molecule has 1 heterocycles. The highest BCUT2D eigenvalue weighted by atomic mass is 16.2. The molecular weight excluding hydrogens is 202 g/mol. The van der Waals surface area contributed by atoms with Crippen LogP contribution in [0.15, 0.2) is 0 Å². The lowest BCUT2D eigenvalue weighted by Gasteiger charge is -2.36. The monoisotopic (exact) mass is 227 g/mol. The third kappa shape index (κ3) is 3.67. The minimum Gasteiger partial charge on any atom is -0.338 e. The minimum atomic E-state index is 0.0804. The van der Waals surface area contributed by atoms with Gasteiger partial charge in [0.25, 0.3) is 0 Å². The van der Waals surface area contributed by atoms with Crippen LogP contribution in [-0.4, -0.2) is 55.1 Å². The normalized spacial score (nSPS) is 18.4. The lowest BCUT2D eigenvalue weighted by atomic mass is 10.0. The molecule has 4 heteroatoms. The Bertz CT molecular complexity index is 212. The Balaban J connectivity index is 2.32. The highest BCUT2D eigenvalue weighted by Gasteiger charge is 2.24. The van der Waals surface area contributed by atoms with Crippen molar-refractivity contribution in [2.45, 2.75) is 39.2 Å². The molecule has 0 saturated carbocycles. The summed E-state index contributed by atoms with van der Waals surface area (Å²) in [6.45, 7) is 8.40. The predicted molar refractivity (Wildman–Crippen MR) is 66.6 cm³/mol. The standard InChI is InChI=1S/C12H25N3O/c1-4-8-13-12(16)14(3)11-6-9-15(5-2)10-7-11/h11H,4-10H2,1-3H3,(H,13,16). The van der Waals surface area contributed by atoms with E-state index in [0.29, 0.717) is 6.04 Å². The van der Waals surface area contributed by atoms with Gasteiger partial charge in [0.2, 0.25) is 0 Å². The van der Waals surface area contributed by atoms with Crippen LogP contribution in [0.3, 0.4) is 0 Å². The van der Waals surface area contributed by atoms with Crippen LogP contribution in [0, 0.1) is 0 Å². The Morgan fingerprint density at radius 2 is 2.00 bits per heavy atom. The number of hydrogen-bond donors (Lipinski definition) is 1. The number of rotatable bonds is 4. The van der Waals surface area contributed by atoms with Gasteiger partial charge in [-0.1, -0.05) is 13.8 Å². The number of piperidine rings is 1. The first-order valence-corrected chi connectivity index (χ1v) is 6.42. The number of likely N-dealkylation sites (tertiary alicyclic amines) is 1. The fourth-order valence-electron chi connectivity index (χ4n) is 2.15. The molecule has 0 aromatic rings. The summed E-state index contributed by atoms with van der Waals surface area (Å²) in [5.74, 6) is 0. The SMILES string of the molecule is CCCNC(=O)N(C)C1CCN(CC)CC1. The van der Waals surface area contributed by atoms with Gasteiger partial charge in [0.15, 0.2) is 0 Å². The first-order chi connectivity index (χ1) is 7.69. The van der Waals surface area contributed by atoms with Gasteiger partial charge in [-0.3, -0.25) is 0 Å². The van der Waals surface area contributed by atoms with Crippen LogP contribution >= 0.6 is 0 Å². The zero-order valence-corrected chi connectivity index (χ0v) is 10.8. The van der Waals surface area contributed by atoms with Gasteiger partial charge in [-0.2, -0.15) is 0 Å². The van der Waals surface area contributed by atoms with Crippen molar-refractivity contribution in [2.24, 2.45) is 0 Å². The quantitative estimate of drug-likeness (QED) is 0.790. The van der Waals surface area contributed by atoms with Crippen LogP contribution in [0.1, 0.15) is 33.1 Å². The molecule has 1 N–H and O–H groups in total. The topological polar surface area (TPSA) is 35.6 Å². The molecule has 1 aliphatic heterocycles. The first kappa shape index (κ1) is 13.3. The van der Waals surface area contributed by atoms with Crippen molar-refractivity contribution < 1.29 is 4.79 Å². The molecule has 0 bridgehead atoms. The number of carbonyl (C=O) groups is 1. The number of carbonyl (C=O) groups excluding carboxylic acids is 1. The van der Waals surface area contributed by atoms with E-state index < -0.39 is 0 Å². The molecule has 0 aromatic heterocycles. The molecule has 1 rings (SSSR count). The second-order valence-corrected chi connectivity index (χ2v) is 4.51. The zero-order chi connectivity index (χ0) is 12.0. The van der Waals surface area contributed by atoms with Crippen LogP contribution in [-0.2, 0) is 0 Å². The van der Waals surface area contributed by atoms with Crippen molar-refractivity contribution in [3.05, 3.63) is 0 Å². The first-order valence-electron chi connectivity index (χ1n) is 6.42. The third-order valence-electron chi connectivity index (χ3n) is 3.40. The number of urea groups is 1. The maximum Gasteiger partial charge on any atom is 0.317 e. The summed E-state index contributed by atoms with van der Waals surface area (Å²) in [6, 6.07) is 0.497.